The Morgan fingerprint density at radius 3 is 2.56 bits per heavy atom. The van der Waals surface area contributed by atoms with Gasteiger partial charge in [0.05, 0.1) is 12.2 Å². The summed E-state index contributed by atoms with van der Waals surface area (Å²) in [5.41, 5.74) is 0.763. The molecule has 0 saturated heterocycles. The number of unbranched alkanes of at least 4 members (excludes halogenated alkanes) is 1. The van der Waals surface area contributed by atoms with E-state index < -0.39 is 18.0 Å². The van der Waals surface area contributed by atoms with Crippen molar-refractivity contribution in [1.82, 2.24) is 0 Å². The van der Waals surface area contributed by atoms with Gasteiger partial charge in [-0.25, -0.2) is 9.59 Å². The number of benzene rings is 2. The highest BCUT2D eigenvalue weighted by molar-refractivity contribution is 6.04. The summed E-state index contributed by atoms with van der Waals surface area (Å²) in [5, 5.41) is 1.77. The number of ether oxygens (including phenoxy) is 3. The lowest BCUT2D eigenvalue weighted by Crippen LogP contribution is -2.30. The van der Waals surface area contributed by atoms with Crippen LogP contribution in [0, 0.1) is 0 Å². The third kappa shape index (κ3) is 6.22. The van der Waals surface area contributed by atoms with Gasteiger partial charge in [0, 0.05) is 12.2 Å². The van der Waals surface area contributed by atoms with Crippen LogP contribution in [-0.2, 0) is 19.0 Å². The fraction of sp³-hybridized carbons (Fsp3) is 0.364. The molecule has 0 bridgehead atoms. The highest BCUT2D eigenvalue weighted by Crippen LogP contribution is 2.20. The van der Waals surface area contributed by atoms with Gasteiger partial charge >= 0.3 is 11.9 Å². The summed E-state index contributed by atoms with van der Waals surface area (Å²) in [6.07, 6.45) is 1.23. The van der Waals surface area contributed by atoms with Crippen molar-refractivity contribution in [2.24, 2.45) is 0 Å². The lowest BCUT2D eigenvalue weighted by Gasteiger charge is -2.19. The molecule has 2 aromatic rings. The molecule has 0 N–H and O–H groups in total. The molecular formula is C22H26O5. The lowest BCUT2D eigenvalue weighted by molar-refractivity contribution is -0.143. The largest absolute Gasteiger partial charge is 0.458 e. The maximum absolute atomic E-state index is 12.7. The molecule has 0 aromatic heterocycles. The average molecular weight is 370 g/mol. The molecule has 5 heteroatoms. The third-order valence-electron chi connectivity index (χ3n) is 3.98. The number of carbonyl (C=O) groups excluding carboxylic acids is 2. The molecule has 0 saturated carbocycles. The first-order chi connectivity index (χ1) is 13.0. The first kappa shape index (κ1) is 20.6. The van der Waals surface area contributed by atoms with E-state index in [2.05, 4.69) is 13.5 Å². The van der Waals surface area contributed by atoms with Crippen LogP contribution in [0.15, 0.2) is 54.6 Å². The molecule has 5 nitrogen and oxygen atoms in total. The maximum atomic E-state index is 12.7. The molecule has 2 aromatic carbocycles. The second-order valence-corrected chi connectivity index (χ2v) is 6.36. The Balaban J connectivity index is 2.08. The van der Waals surface area contributed by atoms with Crippen molar-refractivity contribution in [3.63, 3.8) is 0 Å². The van der Waals surface area contributed by atoms with Gasteiger partial charge in [-0.1, -0.05) is 56.3 Å². The molecular weight excluding hydrogens is 344 g/mol. The Kier molecular flexibility index (Phi) is 8.01. The van der Waals surface area contributed by atoms with Crippen LogP contribution in [0.2, 0.25) is 0 Å². The molecule has 0 amide bonds. The van der Waals surface area contributed by atoms with Gasteiger partial charge in [-0.3, -0.25) is 0 Å². The Labute approximate surface area is 159 Å². The van der Waals surface area contributed by atoms with Crippen LogP contribution in [0.4, 0.5) is 0 Å². The SMILES string of the molecule is C=C(C)C(=O)OCC(COCCCC)OC(=O)c1cccc2ccccc12. The fourth-order valence-electron chi connectivity index (χ4n) is 2.49. The summed E-state index contributed by atoms with van der Waals surface area (Å²) < 4.78 is 16.3. The minimum Gasteiger partial charge on any atom is -0.458 e. The van der Waals surface area contributed by atoms with Crippen LogP contribution in [0.3, 0.4) is 0 Å². The normalized spacial score (nSPS) is 11.8. The molecule has 1 unspecified atom stereocenters. The van der Waals surface area contributed by atoms with Gasteiger partial charge in [-0.05, 0) is 30.2 Å². The molecule has 0 heterocycles. The smallest absolute Gasteiger partial charge is 0.339 e. The number of rotatable bonds is 10. The quantitative estimate of drug-likeness (QED) is 0.354. The molecule has 1 atom stereocenters. The monoisotopic (exact) mass is 370 g/mol. The van der Waals surface area contributed by atoms with Crippen LogP contribution in [0.5, 0.6) is 0 Å². The predicted molar refractivity (Wildman–Crippen MR) is 105 cm³/mol. The standard InChI is InChI=1S/C22H26O5/c1-4-5-13-25-14-18(15-26-21(23)16(2)3)27-22(24)20-12-8-10-17-9-6-7-11-19(17)20/h6-12,18H,2,4-5,13-15H2,1,3H3. The number of hydrogen-bond acceptors (Lipinski definition) is 5. The Bertz CT molecular complexity index is 791. The Morgan fingerprint density at radius 1 is 1.07 bits per heavy atom. The van der Waals surface area contributed by atoms with E-state index in [4.69, 9.17) is 14.2 Å². The molecule has 2 rings (SSSR count). The second kappa shape index (κ2) is 10.5. The molecule has 0 aliphatic rings. The first-order valence-corrected chi connectivity index (χ1v) is 9.12. The Hall–Kier alpha value is -2.66. The lowest BCUT2D eigenvalue weighted by atomic mass is 10.0. The third-order valence-corrected chi connectivity index (χ3v) is 3.98. The van der Waals surface area contributed by atoms with Gasteiger partial charge in [0.1, 0.15) is 6.61 Å². The van der Waals surface area contributed by atoms with Crippen LogP contribution in [0.25, 0.3) is 10.8 Å². The van der Waals surface area contributed by atoms with Crippen LogP contribution in [0.1, 0.15) is 37.0 Å². The van der Waals surface area contributed by atoms with E-state index in [0.717, 1.165) is 23.6 Å². The number of carbonyl (C=O) groups is 2. The summed E-state index contributed by atoms with van der Waals surface area (Å²) in [6.45, 7) is 7.84. The van der Waals surface area contributed by atoms with Crippen molar-refractivity contribution in [2.45, 2.75) is 32.8 Å². The predicted octanol–water partition coefficient (Wildman–Crippen LogP) is 4.30. The molecule has 0 fully saturated rings. The highest BCUT2D eigenvalue weighted by Gasteiger charge is 2.20. The zero-order valence-electron chi connectivity index (χ0n) is 15.9. The topological polar surface area (TPSA) is 61.8 Å². The molecule has 27 heavy (non-hydrogen) atoms. The molecule has 0 radical (unpaired) electrons. The van der Waals surface area contributed by atoms with Crippen LogP contribution < -0.4 is 0 Å². The summed E-state index contributed by atoms with van der Waals surface area (Å²) in [7, 11) is 0. The average Bonchev–Trinajstić information content (AvgIpc) is 2.68. The minimum atomic E-state index is -0.684. The van der Waals surface area contributed by atoms with Gasteiger partial charge in [-0.2, -0.15) is 0 Å². The van der Waals surface area contributed by atoms with E-state index >= 15 is 0 Å². The summed E-state index contributed by atoms with van der Waals surface area (Å²) >= 11 is 0. The van der Waals surface area contributed by atoms with Crippen LogP contribution >= 0.6 is 0 Å². The van der Waals surface area contributed by atoms with Gasteiger partial charge in [0.2, 0.25) is 0 Å². The van der Waals surface area contributed by atoms with Crippen molar-refractivity contribution < 1.29 is 23.8 Å². The van der Waals surface area contributed by atoms with Crippen molar-refractivity contribution in [1.29, 1.82) is 0 Å². The van der Waals surface area contributed by atoms with Gasteiger partial charge in [0.15, 0.2) is 6.10 Å². The van der Waals surface area contributed by atoms with Crippen molar-refractivity contribution >= 4 is 22.7 Å². The number of fused-ring (bicyclic) bond motifs is 1. The van der Waals surface area contributed by atoms with E-state index in [1.54, 1.807) is 13.0 Å². The fourth-order valence-corrected chi connectivity index (χ4v) is 2.49. The zero-order valence-corrected chi connectivity index (χ0v) is 15.9. The van der Waals surface area contributed by atoms with E-state index in [-0.39, 0.29) is 13.2 Å². The Morgan fingerprint density at radius 2 is 1.81 bits per heavy atom. The number of esters is 2. The van der Waals surface area contributed by atoms with E-state index in [0.29, 0.717) is 17.7 Å². The summed E-state index contributed by atoms with van der Waals surface area (Å²) in [6, 6.07) is 13.1. The van der Waals surface area contributed by atoms with Gasteiger partial charge < -0.3 is 14.2 Å². The molecule has 0 aliphatic heterocycles. The van der Waals surface area contributed by atoms with E-state index in [1.165, 1.54) is 0 Å². The molecule has 0 aliphatic carbocycles. The number of hydrogen-bond donors (Lipinski definition) is 0. The first-order valence-electron chi connectivity index (χ1n) is 9.12. The molecule has 144 valence electrons. The van der Waals surface area contributed by atoms with Crippen molar-refractivity contribution in [2.75, 3.05) is 19.8 Å². The second-order valence-electron chi connectivity index (χ2n) is 6.36. The summed E-state index contributed by atoms with van der Waals surface area (Å²) in [4.78, 5) is 24.4. The van der Waals surface area contributed by atoms with Gasteiger partial charge in [-0.15, -0.1) is 0 Å². The zero-order chi connectivity index (χ0) is 19.6. The summed E-state index contributed by atoms with van der Waals surface area (Å²) in [5.74, 6) is -0.989. The van der Waals surface area contributed by atoms with E-state index in [1.807, 2.05) is 36.4 Å². The maximum Gasteiger partial charge on any atom is 0.339 e. The minimum absolute atomic E-state index is 0.0751. The van der Waals surface area contributed by atoms with Crippen LogP contribution in [-0.4, -0.2) is 37.9 Å². The van der Waals surface area contributed by atoms with Gasteiger partial charge in [0.25, 0.3) is 0 Å². The van der Waals surface area contributed by atoms with E-state index in [9.17, 15) is 9.59 Å². The molecule has 0 spiro atoms. The van der Waals surface area contributed by atoms with Crippen molar-refractivity contribution in [3.8, 4) is 0 Å². The van der Waals surface area contributed by atoms with Crippen molar-refractivity contribution in [3.05, 3.63) is 60.2 Å². The highest BCUT2D eigenvalue weighted by atomic mass is 16.6.